The zero-order valence-electron chi connectivity index (χ0n) is 11.6. The van der Waals surface area contributed by atoms with Gasteiger partial charge in [0.05, 0.1) is 0 Å². The van der Waals surface area contributed by atoms with Crippen molar-refractivity contribution >= 4 is 5.82 Å². The zero-order valence-corrected chi connectivity index (χ0v) is 11.6. The molecule has 0 unspecified atom stereocenters. The highest BCUT2D eigenvalue weighted by Gasteiger charge is 2.20. The van der Waals surface area contributed by atoms with E-state index in [0.717, 1.165) is 45.7 Å². The summed E-state index contributed by atoms with van der Waals surface area (Å²) in [5, 5.41) is 0. The molecule has 1 aliphatic heterocycles. The number of nitrogens with zero attached hydrogens (tertiary/aromatic N) is 4. The van der Waals surface area contributed by atoms with Crippen molar-refractivity contribution in [3.8, 4) is 0 Å². The van der Waals surface area contributed by atoms with Gasteiger partial charge in [-0.15, -0.1) is 0 Å². The third-order valence-electron chi connectivity index (χ3n) is 3.48. The van der Waals surface area contributed by atoms with Crippen LogP contribution in [0.1, 0.15) is 13.3 Å². The van der Waals surface area contributed by atoms with Crippen LogP contribution in [-0.2, 0) is 6.54 Å². The fraction of sp³-hybridized carbons (Fsp3) is 0.692. The van der Waals surface area contributed by atoms with Gasteiger partial charge in [0.2, 0.25) is 0 Å². The van der Waals surface area contributed by atoms with Crippen LogP contribution in [0, 0.1) is 0 Å². The van der Waals surface area contributed by atoms with Crippen LogP contribution in [0.4, 0.5) is 5.82 Å². The number of nitrogens with two attached hydrogens (primary N) is 1. The second-order valence-electron chi connectivity index (χ2n) is 4.87. The van der Waals surface area contributed by atoms with Crippen molar-refractivity contribution in [1.29, 1.82) is 0 Å². The molecule has 1 aromatic rings. The fourth-order valence-electron chi connectivity index (χ4n) is 2.44. The number of anilines is 1. The third-order valence-corrected chi connectivity index (χ3v) is 3.48. The predicted octanol–water partition coefficient (Wildman–Crippen LogP) is -0.266. The molecule has 106 valence electrons. The molecule has 0 spiro atoms. The second-order valence-corrected chi connectivity index (χ2v) is 4.87. The third kappa shape index (κ3) is 3.33. The van der Waals surface area contributed by atoms with Gasteiger partial charge in [-0.25, -0.2) is 4.98 Å². The second kappa shape index (κ2) is 6.68. The maximum absolute atomic E-state index is 12.3. The maximum atomic E-state index is 12.3. The zero-order chi connectivity index (χ0) is 13.7. The summed E-state index contributed by atoms with van der Waals surface area (Å²) in [4.78, 5) is 21.0. The van der Waals surface area contributed by atoms with Gasteiger partial charge in [-0.2, -0.15) is 0 Å². The minimum atomic E-state index is 0.0247. The van der Waals surface area contributed by atoms with Crippen LogP contribution < -0.4 is 16.2 Å². The van der Waals surface area contributed by atoms with Gasteiger partial charge in [-0.3, -0.25) is 9.69 Å². The molecule has 1 aromatic heterocycles. The maximum Gasteiger partial charge on any atom is 0.293 e. The van der Waals surface area contributed by atoms with Crippen LogP contribution in [0.25, 0.3) is 0 Å². The minimum absolute atomic E-state index is 0.0247. The summed E-state index contributed by atoms with van der Waals surface area (Å²) in [6, 6.07) is 0. The van der Waals surface area contributed by atoms with E-state index in [0.29, 0.717) is 12.4 Å². The predicted molar refractivity (Wildman–Crippen MR) is 76.5 cm³/mol. The van der Waals surface area contributed by atoms with Crippen LogP contribution in [0.5, 0.6) is 0 Å². The van der Waals surface area contributed by atoms with Crippen LogP contribution in [0.15, 0.2) is 17.2 Å². The highest BCUT2D eigenvalue weighted by atomic mass is 16.1. The topological polar surface area (TPSA) is 67.4 Å². The van der Waals surface area contributed by atoms with E-state index in [1.165, 1.54) is 0 Å². The number of aryl methyl sites for hydroxylation is 1. The Balaban J connectivity index is 2.07. The summed E-state index contributed by atoms with van der Waals surface area (Å²) in [5.41, 5.74) is 5.59. The monoisotopic (exact) mass is 265 g/mol. The van der Waals surface area contributed by atoms with E-state index in [9.17, 15) is 4.79 Å². The summed E-state index contributed by atoms with van der Waals surface area (Å²) in [6.45, 7) is 8.02. The van der Waals surface area contributed by atoms with E-state index in [2.05, 4.69) is 21.7 Å². The Bertz CT molecular complexity index is 451. The fourth-order valence-corrected chi connectivity index (χ4v) is 2.44. The lowest BCUT2D eigenvalue weighted by molar-refractivity contribution is 0.264. The van der Waals surface area contributed by atoms with E-state index in [1.807, 2.05) is 0 Å². The largest absolute Gasteiger partial charge is 0.349 e. The number of rotatable bonds is 5. The van der Waals surface area contributed by atoms with Crippen molar-refractivity contribution in [1.82, 2.24) is 14.5 Å². The molecular weight excluding hydrogens is 242 g/mol. The molecule has 0 aromatic carbocycles. The SMILES string of the molecule is CCCn1ccnc(N2CCN(CCN)CC2)c1=O. The first-order chi connectivity index (χ1) is 9.26. The van der Waals surface area contributed by atoms with Gasteiger partial charge in [0, 0.05) is 58.2 Å². The van der Waals surface area contributed by atoms with Gasteiger partial charge in [0.15, 0.2) is 5.82 Å². The lowest BCUT2D eigenvalue weighted by atomic mass is 10.3. The van der Waals surface area contributed by atoms with E-state index in [4.69, 9.17) is 5.73 Å². The van der Waals surface area contributed by atoms with Gasteiger partial charge in [-0.1, -0.05) is 6.92 Å². The first-order valence-corrected chi connectivity index (χ1v) is 6.99. The van der Waals surface area contributed by atoms with Crippen LogP contribution in [-0.4, -0.2) is 53.7 Å². The Morgan fingerprint density at radius 1 is 1.26 bits per heavy atom. The molecule has 6 heteroatoms. The molecule has 1 aliphatic rings. The molecule has 2 heterocycles. The lowest BCUT2D eigenvalue weighted by Gasteiger charge is -2.34. The Kier molecular flexibility index (Phi) is 4.93. The van der Waals surface area contributed by atoms with Crippen molar-refractivity contribution in [2.75, 3.05) is 44.2 Å². The highest BCUT2D eigenvalue weighted by molar-refractivity contribution is 5.36. The van der Waals surface area contributed by atoms with Gasteiger partial charge in [-0.05, 0) is 6.42 Å². The normalized spacial score (nSPS) is 16.8. The van der Waals surface area contributed by atoms with Crippen LogP contribution in [0.3, 0.4) is 0 Å². The first-order valence-electron chi connectivity index (χ1n) is 6.99. The number of aromatic nitrogens is 2. The van der Waals surface area contributed by atoms with Gasteiger partial charge in [0.25, 0.3) is 5.56 Å². The highest BCUT2D eigenvalue weighted by Crippen LogP contribution is 2.08. The van der Waals surface area contributed by atoms with Crippen molar-refractivity contribution in [3.05, 3.63) is 22.7 Å². The molecule has 0 bridgehead atoms. The molecule has 2 rings (SSSR count). The van der Waals surface area contributed by atoms with E-state index >= 15 is 0 Å². The molecule has 1 saturated heterocycles. The molecule has 0 amide bonds. The summed E-state index contributed by atoms with van der Waals surface area (Å²) >= 11 is 0. The smallest absolute Gasteiger partial charge is 0.293 e. The molecule has 0 aliphatic carbocycles. The Labute approximate surface area is 113 Å². The van der Waals surface area contributed by atoms with Crippen LogP contribution >= 0.6 is 0 Å². The lowest BCUT2D eigenvalue weighted by Crippen LogP contribution is -2.49. The Morgan fingerprint density at radius 3 is 2.63 bits per heavy atom. The summed E-state index contributed by atoms with van der Waals surface area (Å²) in [7, 11) is 0. The molecule has 2 N–H and O–H groups in total. The van der Waals surface area contributed by atoms with Gasteiger partial charge in [0.1, 0.15) is 0 Å². The number of hydrogen-bond acceptors (Lipinski definition) is 5. The van der Waals surface area contributed by atoms with Crippen molar-refractivity contribution in [3.63, 3.8) is 0 Å². The standard InChI is InChI=1S/C13H23N5O/c1-2-5-18-7-4-15-12(13(18)19)17-10-8-16(6-3-14)9-11-17/h4,7H,2-3,5-6,8-11,14H2,1H3. The first kappa shape index (κ1) is 14.0. The molecule has 6 nitrogen and oxygen atoms in total. The summed E-state index contributed by atoms with van der Waals surface area (Å²) < 4.78 is 1.74. The quantitative estimate of drug-likeness (QED) is 0.794. The molecule has 0 saturated carbocycles. The van der Waals surface area contributed by atoms with Crippen molar-refractivity contribution < 1.29 is 0 Å². The van der Waals surface area contributed by atoms with Gasteiger partial charge < -0.3 is 15.2 Å². The Morgan fingerprint density at radius 2 is 2.00 bits per heavy atom. The molecule has 0 radical (unpaired) electrons. The van der Waals surface area contributed by atoms with E-state index in [-0.39, 0.29) is 5.56 Å². The molecule has 0 atom stereocenters. The minimum Gasteiger partial charge on any atom is -0.349 e. The molecule has 1 fully saturated rings. The molecular formula is C13H23N5O. The average Bonchev–Trinajstić information content (AvgIpc) is 2.43. The van der Waals surface area contributed by atoms with Crippen LogP contribution in [0.2, 0.25) is 0 Å². The molecule has 19 heavy (non-hydrogen) atoms. The Hall–Kier alpha value is -1.40. The van der Waals surface area contributed by atoms with Crippen molar-refractivity contribution in [2.24, 2.45) is 5.73 Å². The van der Waals surface area contributed by atoms with Gasteiger partial charge >= 0.3 is 0 Å². The summed E-state index contributed by atoms with van der Waals surface area (Å²) in [6.07, 6.45) is 4.44. The van der Waals surface area contributed by atoms with Crippen molar-refractivity contribution in [2.45, 2.75) is 19.9 Å². The van der Waals surface area contributed by atoms with E-state index in [1.54, 1.807) is 17.0 Å². The van der Waals surface area contributed by atoms with E-state index < -0.39 is 0 Å². The number of hydrogen-bond donors (Lipinski definition) is 1. The number of piperazine rings is 1. The average molecular weight is 265 g/mol. The summed E-state index contributed by atoms with van der Waals surface area (Å²) in [5.74, 6) is 0.586.